The van der Waals surface area contributed by atoms with Crippen molar-refractivity contribution in [2.24, 2.45) is 0 Å². The zero-order valence-corrected chi connectivity index (χ0v) is 14.2. The van der Waals surface area contributed by atoms with E-state index in [0.717, 1.165) is 11.1 Å². The molecular formula is C16H12ClN3O4S. The van der Waals surface area contributed by atoms with Gasteiger partial charge in [-0.05, 0) is 35.9 Å². The minimum atomic E-state index is -3.95. The smallest absolute Gasteiger partial charge is 0.337 e. The number of nitrogens with zero attached hydrogens (tertiary/aromatic N) is 1. The van der Waals surface area contributed by atoms with Crippen LogP contribution in [0, 0.1) is 0 Å². The molecule has 0 aliphatic heterocycles. The average Bonchev–Trinajstić information content (AvgIpc) is 3.11. The zero-order valence-electron chi connectivity index (χ0n) is 12.6. The highest BCUT2D eigenvalue weighted by Gasteiger charge is 2.19. The quantitative estimate of drug-likeness (QED) is 0.632. The Kier molecular flexibility index (Phi) is 4.47. The summed E-state index contributed by atoms with van der Waals surface area (Å²) in [6.45, 7) is 0. The number of aromatic carboxylic acids is 1. The molecule has 0 amide bonds. The van der Waals surface area contributed by atoms with Gasteiger partial charge in [0.05, 0.1) is 22.3 Å². The summed E-state index contributed by atoms with van der Waals surface area (Å²) < 4.78 is 27.3. The first-order chi connectivity index (χ1) is 11.9. The molecule has 1 aromatic heterocycles. The molecular weight excluding hydrogens is 366 g/mol. The van der Waals surface area contributed by atoms with Crippen molar-refractivity contribution in [2.75, 3.05) is 4.72 Å². The lowest BCUT2D eigenvalue weighted by Gasteiger charge is -2.11. The van der Waals surface area contributed by atoms with E-state index in [4.69, 9.17) is 11.6 Å². The fourth-order valence-corrected chi connectivity index (χ4v) is 3.47. The lowest BCUT2D eigenvalue weighted by atomic mass is 10.1. The topological polar surface area (TPSA) is 112 Å². The molecule has 9 heteroatoms. The third-order valence-corrected chi connectivity index (χ3v) is 5.07. The Morgan fingerprint density at radius 2 is 1.84 bits per heavy atom. The first-order valence-corrected chi connectivity index (χ1v) is 8.88. The van der Waals surface area contributed by atoms with Gasteiger partial charge in [-0.15, -0.1) is 0 Å². The summed E-state index contributed by atoms with van der Waals surface area (Å²) >= 11 is 5.77. The van der Waals surface area contributed by atoms with Crippen molar-refractivity contribution in [3.8, 4) is 11.1 Å². The van der Waals surface area contributed by atoms with E-state index in [0.29, 0.717) is 0 Å². The Bertz CT molecular complexity index is 1020. The summed E-state index contributed by atoms with van der Waals surface area (Å²) in [6, 6.07) is 10.0. The molecule has 0 radical (unpaired) electrons. The maximum atomic E-state index is 12.5. The largest absolute Gasteiger partial charge is 0.478 e. The highest BCUT2D eigenvalue weighted by atomic mass is 35.5. The summed E-state index contributed by atoms with van der Waals surface area (Å²) in [5.74, 6) is -1.28. The molecule has 2 aromatic carbocycles. The molecule has 0 fully saturated rings. The Hall–Kier alpha value is -2.84. The van der Waals surface area contributed by atoms with Gasteiger partial charge < -0.3 is 5.11 Å². The second-order valence-electron chi connectivity index (χ2n) is 5.11. The van der Waals surface area contributed by atoms with Gasteiger partial charge in [0.15, 0.2) is 0 Å². The summed E-state index contributed by atoms with van der Waals surface area (Å²) in [7, 11) is -3.95. The van der Waals surface area contributed by atoms with Crippen LogP contribution in [0.4, 0.5) is 5.69 Å². The van der Waals surface area contributed by atoms with Crippen molar-refractivity contribution in [3.63, 3.8) is 0 Å². The van der Waals surface area contributed by atoms with Gasteiger partial charge in [0, 0.05) is 16.8 Å². The molecule has 0 saturated heterocycles. The normalized spacial score (nSPS) is 11.2. The predicted molar refractivity (Wildman–Crippen MR) is 93.2 cm³/mol. The van der Waals surface area contributed by atoms with Crippen LogP contribution in [-0.4, -0.2) is 29.7 Å². The van der Waals surface area contributed by atoms with Crippen LogP contribution in [0.3, 0.4) is 0 Å². The number of carboxylic acids is 1. The lowest BCUT2D eigenvalue weighted by molar-refractivity contribution is 0.0698. The molecule has 0 bridgehead atoms. The van der Waals surface area contributed by atoms with Crippen LogP contribution in [0.5, 0.6) is 0 Å². The van der Waals surface area contributed by atoms with E-state index in [2.05, 4.69) is 14.9 Å². The van der Waals surface area contributed by atoms with Crippen molar-refractivity contribution in [3.05, 3.63) is 65.4 Å². The molecule has 0 aliphatic carbocycles. The molecule has 7 nitrogen and oxygen atoms in total. The Labute approximate surface area is 148 Å². The second kappa shape index (κ2) is 6.58. The van der Waals surface area contributed by atoms with Crippen LogP contribution in [0.15, 0.2) is 59.8 Å². The van der Waals surface area contributed by atoms with E-state index in [9.17, 15) is 18.3 Å². The minimum absolute atomic E-state index is 0.00559. The Morgan fingerprint density at radius 3 is 2.44 bits per heavy atom. The molecule has 0 spiro atoms. The lowest BCUT2D eigenvalue weighted by Crippen LogP contribution is -2.15. The van der Waals surface area contributed by atoms with Crippen LogP contribution >= 0.6 is 11.6 Å². The number of carboxylic acid groups (broad SMARTS) is 1. The summed E-state index contributed by atoms with van der Waals surface area (Å²) in [6.07, 6.45) is 3.31. The van der Waals surface area contributed by atoms with Crippen LogP contribution < -0.4 is 4.72 Å². The van der Waals surface area contributed by atoms with E-state index in [-0.39, 0.29) is 21.2 Å². The number of halogens is 1. The van der Waals surface area contributed by atoms with Crippen molar-refractivity contribution < 1.29 is 18.3 Å². The molecule has 0 unspecified atom stereocenters. The van der Waals surface area contributed by atoms with Gasteiger partial charge in [-0.1, -0.05) is 23.7 Å². The third kappa shape index (κ3) is 3.65. The number of H-pyrrole nitrogens is 1. The number of carbonyl (C=O) groups is 1. The molecule has 0 saturated carbocycles. The highest BCUT2D eigenvalue weighted by molar-refractivity contribution is 7.92. The number of sulfonamides is 1. The second-order valence-corrected chi connectivity index (χ2v) is 7.23. The maximum absolute atomic E-state index is 12.5. The number of aromatic amines is 1. The van der Waals surface area contributed by atoms with E-state index in [1.165, 1.54) is 30.3 Å². The molecule has 3 N–H and O–H groups in total. The third-order valence-electron chi connectivity index (χ3n) is 3.45. The number of rotatable bonds is 5. The average molecular weight is 378 g/mol. The summed E-state index contributed by atoms with van der Waals surface area (Å²) in [5.41, 5.74) is 1.33. The molecule has 0 aliphatic rings. The fourth-order valence-electron chi connectivity index (χ4n) is 2.22. The van der Waals surface area contributed by atoms with Crippen molar-refractivity contribution in [1.82, 2.24) is 10.2 Å². The number of benzene rings is 2. The van der Waals surface area contributed by atoms with Gasteiger partial charge >= 0.3 is 5.97 Å². The fraction of sp³-hybridized carbons (Fsp3) is 0. The molecule has 3 rings (SSSR count). The van der Waals surface area contributed by atoms with E-state index in [1.807, 2.05) is 0 Å². The maximum Gasteiger partial charge on any atom is 0.337 e. The molecule has 3 aromatic rings. The molecule has 1 heterocycles. The van der Waals surface area contributed by atoms with Crippen LogP contribution in [-0.2, 0) is 10.0 Å². The van der Waals surface area contributed by atoms with Gasteiger partial charge in [0.25, 0.3) is 10.0 Å². The number of nitrogens with one attached hydrogen (secondary N) is 2. The monoisotopic (exact) mass is 377 g/mol. The van der Waals surface area contributed by atoms with Gasteiger partial charge in [-0.2, -0.15) is 5.10 Å². The van der Waals surface area contributed by atoms with Gasteiger partial charge in [-0.25, -0.2) is 13.2 Å². The number of anilines is 1. The van der Waals surface area contributed by atoms with Crippen molar-refractivity contribution in [2.45, 2.75) is 4.90 Å². The predicted octanol–water partition coefficient (Wildman–Crippen LogP) is 3.23. The van der Waals surface area contributed by atoms with E-state index < -0.39 is 16.0 Å². The highest BCUT2D eigenvalue weighted by Crippen LogP contribution is 2.25. The van der Waals surface area contributed by atoms with Gasteiger partial charge in [0.2, 0.25) is 0 Å². The summed E-state index contributed by atoms with van der Waals surface area (Å²) in [5, 5.41) is 15.9. The van der Waals surface area contributed by atoms with Crippen molar-refractivity contribution >= 4 is 33.3 Å². The van der Waals surface area contributed by atoms with Gasteiger partial charge in [-0.3, -0.25) is 9.82 Å². The van der Waals surface area contributed by atoms with Crippen LogP contribution in [0.1, 0.15) is 10.4 Å². The number of hydrogen-bond acceptors (Lipinski definition) is 4. The van der Waals surface area contributed by atoms with Crippen molar-refractivity contribution in [1.29, 1.82) is 0 Å². The Balaban J connectivity index is 1.91. The standard InChI is InChI=1S/C16H12ClN3O4S/c17-12-3-6-15(14(7-12)16(21)22)20-25(23,24)13-4-1-10(2-5-13)11-8-18-19-9-11/h1-9,20H,(H,18,19)(H,21,22). The Morgan fingerprint density at radius 1 is 1.12 bits per heavy atom. The first-order valence-electron chi connectivity index (χ1n) is 7.02. The summed E-state index contributed by atoms with van der Waals surface area (Å²) in [4.78, 5) is 11.3. The van der Waals surface area contributed by atoms with E-state index >= 15 is 0 Å². The van der Waals surface area contributed by atoms with E-state index in [1.54, 1.807) is 24.5 Å². The SMILES string of the molecule is O=C(O)c1cc(Cl)ccc1NS(=O)(=O)c1ccc(-c2cn[nH]c2)cc1. The zero-order chi connectivity index (χ0) is 18.0. The minimum Gasteiger partial charge on any atom is -0.478 e. The number of aromatic nitrogens is 2. The first kappa shape index (κ1) is 17.0. The van der Waals surface area contributed by atoms with Crippen LogP contribution in [0.25, 0.3) is 11.1 Å². The molecule has 128 valence electrons. The van der Waals surface area contributed by atoms with Crippen LogP contribution in [0.2, 0.25) is 5.02 Å². The molecule has 25 heavy (non-hydrogen) atoms. The van der Waals surface area contributed by atoms with Gasteiger partial charge in [0.1, 0.15) is 0 Å². The molecule has 0 atom stereocenters. The number of hydrogen-bond donors (Lipinski definition) is 3.